The van der Waals surface area contributed by atoms with Gasteiger partial charge in [0.2, 0.25) is 5.91 Å². The molecule has 0 aromatic heterocycles. The van der Waals surface area contributed by atoms with Crippen molar-refractivity contribution in [2.75, 3.05) is 5.32 Å². The summed E-state index contributed by atoms with van der Waals surface area (Å²) in [4.78, 5) is 10.6. The minimum Gasteiger partial charge on any atom is -0.325 e. The van der Waals surface area contributed by atoms with E-state index < -0.39 is 0 Å². The SMILES string of the molecule is CC.CC(=O)Nc1ccccc1Br. The molecule has 1 aromatic carbocycles. The molecule has 0 saturated carbocycles. The van der Waals surface area contributed by atoms with Gasteiger partial charge in [-0.1, -0.05) is 26.0 Å². The zero-order valence-corrected chi connectivity index (χ0v) is 9.68. The second-order valence-corrected chi connectivity index (χ2v) is 3.02. The second-order valence-electron chi connectivity index (χ2n) is 2.16. The lowest BCUT2D eigenvalue weighted by atomic mass is 10.3. The van der Waals surface area contributed by atoms with Crippen molar-refractivity contribution in [1.82, 2.24) is 0 Å². The number of para-hydroxylation sites is 1. The molecule has 0 fully saturated rings. The van der Waals surface area contributed by atoms with E-state index in [0.717, 1.165) is 10.2 Å². The van der Waals surface area contributed by atoms with Crippen LogP contribution in [0.3, 0.4) is 0 Å². The summed E-state index contributed by atoms with van der Waals surface area (Å²) in [6.07, 6.45) is 0. The molecule has 13 heavy (non-hydrogen) atoms. The van der Waals surface area contributed by atoms with Crippen LogP contribution >= 0.6 is 15.9 Å². The summed E-state index contributed by atoms with van der Waals surface area (Å²) >= 11 is 3.31. The Morgan fingerprint density at radius 1 is 1.31 bits per heavy atom. The fourth-order valence-electron chi connectivity index (χ4n) is 0.752. The van der Waals surface area contributed by atoms with Crippen molar-refractivity contribution in [3.63, 3.8) is 0 Å². The van der Waals surface area contributed by atoms with Crippen molar-refractivity contribution in [2.24, 2.45) is 0 Å². The molecule has 0 saturated heterocycles. The first-order chi connectivity index (χ1) is 6.20. The van der Waals surface area contributed by atoms with E-state index in [0.29, 0.717) is 0 Å². The fraction of sp³-hybridized carbons (Fsp3) is 0.300. The molecule has 1 aromatic rings. The smallest absolute Gasteiger partial charge is 0.221 e. The van der Waals surface area contributed by atoms with Crippen molar-refractivity contribution in [1.29, 1.82) is 0 Å². The van der Waals surface area contributed by atoms with E-state index in [2.05, 4.69) is 21.2 Å². The second kappa shape index (κ2) is 6.66. The highest BCUT2D eigenvalue weighted by atomic mass is 79.9. The van der Waals surface area contributed by atoms with Crippen LogP contribution in [0.15, 0.2) is 28.7 Å². The molecular formula is C10H14BrNO. The number of halogens is 1. The van der Waals surface area contributed by atoms with Crippen LogP contribution in [0, 0.1) is 0 Å². The minimum atomic E-state index is -0.0584. The third-order valence-corrected chi connectivity index (χ3v) is 1.88. The van der Waals surface area contributed by atoms with Crippen molar-refractivity contribution in [2.45, 2.75) is 20.8 Å². The molecule has 0 atom stereocenters. The molecule has 1 N–H and O–H groups in total. The Balaban J connectivity index is 0.000000671. The maximum atomic E-state index is 10.6. The average Bonchev–Trinajstić information content (AvgIpc) is 2.12. The van der Waals surface area contributed by atoms with E-state index in [1.807, 2.05) is 38.1 Å². The molecule has 0 aliphatic heterocycles. The molecule has 0 bridgehead atoms. The van der Waals surface area contributed by atoms with Gasteiger partial charge in [-0.2, -0.15) is 0 Å². The Labute approximate surface area is 87.5 Å². The van der Waals surface area contributed by atoms with Crippen LogP contribution in [0.25, 0.3) is 0 Å². The average molecular weight is 244 g/mol. The number of carbonyl (C=O) groups is 1. The predicted octanol–water partition coefficient (Wildman–Crippen LogP) is 3.43. The van der Waals surface area contributed by atoms with Gasteiger partial charge in [-0.05, 0) is 28.1 Å². The van der Waals surface area contributed by atoms with Crippen molar-refractivity contribution >= 4 is 27.5 Å². The third kappa shape index (κ3) is 4.68. The first kappa shape index (κ1) is 12.2. The first-order valence-electron chi connectivity index (χ1n) is 4.22. The van der Waals surface area contributed by atoms with Crippen LogP contribution in [-0.4, -0.2) is 5.91 Å². The summed E-state index contributed by atoms with van der Waals surface area (Å²) in [5.41, 5.74) is 0.806. The Kier molecular flexibility index (Phi) is 6.24. The van der Waals surface area contributed by atoms with Crippen molar-refractivity contribution in [3.05, 3.63) is 28.7 Å². The molecule has 1 amide bonds. The van der Waals surface area contributed by atoms with E-state index in [4.69, 9.17) is 0 Å². The van der Waals surface area contributed by atoms with Crippen LogP contribution in [0.4, 0.5) is 5.69 Å². The monoisotopic (exact) mass is 243 g/mol. The lowest BCUT2D eigenvalue weighted by Gasteiger charge is -2.02. The maximum absolute atomic E-state index is 10.6. The van der Waals surface area contributed by atoms with E-state index in [1.165, 1.54) is 6.92 Å². The number of hydrogen-bond acceptors (Lipinski definition) is 1. The van der Waals surface area contributed by atoms with Gasteiger partial charge in [0.15, 0.2) is 0 Å². The van der Waals surface area contributed by atoms with Crippen LogP contribution < -0.4 is 5.32 Å². The number of benzene rings is 1. The highest BCUT2D eigenvalue weighted by Crippen LogP contribution is 2.20. The number of hydrogen-bond donors (Lipinski definition) is 1. The third-order valence-electron chi connectivity index (χ3n) is 1.18. The number of rotatable bonds is 1. The molecule has 3 heteroatoms. The molecule has 72 valence electrons. The van der Waals surface area contributed by atoms with Gasteiger partial charge >= 0.3 is 0 Å². The van der Waals surface area contributed by atoms with Gasteiger partial charge in [0.1, 0.15) is 0 Å². The highest BCUT2D eigenvalue weighted by Gasteiger charge is 1.97. The zero-order valence-electron chi connectivity index (χ0n) is 8.10. The Morgan fingerprint density at radius 2 is 1.85 bits per heavy atom. The number of amides is 1. The van der Waals surface area contributed by atoms with Gasteiger partial charge in [-0.25, -0.2) is 0 Å². The van der Waals surface area contributed by atoms with E-state index in [9.17, 15) is 4.79 Å². The number of nitrogens with one attached hydrogen (secondary N) is 1. The summed E-state index contributed by atoms with van der Waals surface area (Å²) in [6.45, 7) is 5.49. The van der Waals surface area contributed by atoms with E-state index in [1.54, 1.807) is 0 Å². The topological polar surface area (TPSA) is 29.1 Å². The summed E-state index contributed by atoms with van der Waals surface area (Å²) < 4.78 is 0.898. The lowest BCUT2D eigenvalue weighted by molar-refractivity contribution is -0.114. The van der Waals surface area contributed by atoms with E-state index in [-0.39, 0.29) is 5.91 Å². The summed E-state index contributed by atoms with van der Waals surface area (Å²) in [5, 5.41) is 2.69. The molecule has 2 nitrogen and oxygen atoms in total. The van der Waals surface area contributed by atoms with Gasteiger partial charge in [0, 0.05) is 11.4 Å². The maximum Gasteiger partial charge on any atom is 0.221 e. The normalized spacial score (nSPS) is 8.31. The van der Waals surface area contributed by atoms with Crippen LogP contribution in [0.1, 0.15) is 20.8 Å². The molecule has 0 aliphatic carbocycles. The van der Waals surface area contributed by atoms with Gasteiger partial charge in [-0.3, -0.25) is 4.79 Å². The molecule has 0 spiro atoms. The van der Waals surface area contributed by atoms with E-state index >= 15 is 0 Å². The Hall–Kier alpha value is -0.830. The molecule has 0 heterocycles. The molecular weight excluding hydrogens is 230 g/mol. The Bertz CT molecular complexity index is 273. The van der Waals surface area contributed by atoms with Crippen LogP contribution in [0.5, 0.6) is 0 Å². The van der Waals surface area contributed by atoms with Crippen LogP contribution in [0.2, 0.25) is 0 Å². The Morgan fingerprint density at radius 3 is 2.31 bits per heavy atom. The van der Waals surface area contributed by atoms with Gasteiger partial charge in [0.05, 0.1) is 5.69 Å². The summed E-state index contributed by atoms with van der Waals surface area (Å²) in [5.74, 6) is -0.0584. The number of carbonyl (C=O) groups excluding carboxylic acids is 1. The van der Waals surface area contributed by atoms with Gasteiger partial charge in [0.25, 0.3) is 0 Å². The predicted molar refractivity (Wildman–Crippen MR) is 59.8 cm³/mol. The molecule has 0 radical (unpaired) electrons. The van der Waals surface area contributed by atoms with Gasteiger partial charge < -0.3 is 5.32 Å². The van der Waals surface area contributed by atoms with Crippen molar-refractivity contribution in [3.8, 4) is 0 Å². The van der Waals surface area contributed by atoms with Crippen LogP contribution in [-0.2, 0) is 4.79 Å². The zero-order chi connectivity index (χ0) is 10.3. The quantitative estimate of drug-likeness (QED) is 0.805. The summed E-state index contributed by atoms with van der Waals surface area (Å²) in [7, 11) is 0. The summed E-state index contributed by atoms with van der Waals surface area (Å²) in [6, 6.07) is 7.49. The molecule has 0 aliphatic rings. The number of anilines is 1. The highest BCUT2D eigenvalue weighted by molar-refractivity contribution is 9.10. The largest absolute Gasteiger partial charge is 0.325 e. The van der Waals surface area contributed by atoms with Crippen molar-refractivity contribution < 1.29 is 4.79 Å². The molecule has 0 unspecified atom stereocenters. The molecule has 1 rings (SSSR count). The minimum absolute atomic E-state index is 0.0584. The first-order valence-corrected chi connectivity index (χ1v) is 5.01. The lowest BCUT2D eigenvalue weighted by Crippen LogP contribution is -2.05. The van der Waals surface area contributed by atoms with Gasteiger partial charge in [-0.15, -0.1) is 0 Å². The standard InChI is InChI=1S/C8H8BrNO.C2H6/c1-6(11)10-8-5-3-2-4-7(8)9;1-2/h2-5H,1H3,(H,10,11);1-2H3. The fourth-order valence-corrected chi connectivity index (χ4v) is 1.14.